The lowest BCUT2D eigenvalue weighted by Crippen LogP contribution is -1.81. The van der Waals surface area contributed by atoms with E-state index in [0.29, 0.717) is 5.82 Å². The second-order valence-electron chi connectivity index (χ2n) is 2.47. The van der Waals surface area contributed by atoms with Crippen LogP contribution < -0.4 is 5.73 Å². The third-order valence-corrected chi connectivity index (χ3v) is 2.55. The normalized spacial score (nSPS) is 9.62. The summed E-state index contributed by atoms with van der Waals surface area (Å²) in [6.07, 6.45) is 0. The fourth-order valence-corrected chi connectivity index (χ4v) is 1.78. The van der Waals surface area contributed by atoms with Gasteiger partial charge in [-0.3, -0.25) is 5.10 Å². The molecule has 0 aliphatic heterocycles. The Balaban J connectivity index is 0.000000845. The van der Waals surface area contributed by atoms with Gasteiger partial charge in [-0.25, -0.2) is 4.98 Å². The van der Waals surface area contributed by atoms with Crippen molar-refractivity contribution in [2.24, 2.45) is 0 Å². The van der Waals surface area contributed by atoms with E-state index < -0.39 is 0 Å². The van der Waals surface area contributed by atoms with E-state index >= 15 is 0 Å². The van der Waals surface area contributed by atoms with E-state index in [0.717, 1.165) is 16.3 Å². The van der Waals surface area contributed by atoms with Gasteiger partial charge < -0.3 is 5.73 Å². The second-order valence-corrected chi connectivity index (χ2v) is 3.33. The van der Waals surface area contributed by atoms with Crippen molar-refractivity contribution in [3.63, 3.8) is 0 Å². The molecule has 6 heteroatoms. The fourth-order valence-electron chi connectivity index (χ4n) is 1.01. The number of aromatic amines is 1. The molecule has 0 aliphatic rings. The molecule has 2 aromatic rings. The number of nitrogens with zero attached hydrogens (tertiary/aromatic N) is 2. The van der Waals surface area contributed by atoms with Crippen LogP contribution in [0.25, 0.3) is 10.6 Å². The van der Waals surface area contributed by atoms with Crippen LogP contribution in [-0.2, 0) is 0 Å². The Kier molecular flexibility index (Phi) is 2.90. The van der Waals surface area contributed by atoms with Crippen LogP contribution in [0.15, 0.2) is 11.6 Å². The number of aryl methyl sites for hydroxylation is 1. The van der Waals surface area contributed by atoms with Gasteiger partial charge in [0.15, 0.2) is 0 Å². The summed E-state index contributed by atoms with van der Waals surface area (Å²) in [6.45, 7) is 1.96. The average molecular weight is 217 g/mol. The summed E-state index contributed by atoms with van der Waals surface area (Å²) in [7, 11) is 0. The van der Waals surface area contributed by atoms with Crippen LogP contribution in [0.4, 0.5) is 5.82 Å². The molecule has 0 aliphatic carbocycles. The van der Waals surface area contributed by atoms with E-state index in [9.17, 15) is 0 Å². The summed E-state index contributed by atoms with van der Waals surface area (Å²) in [5, 5.41) is 6.69. The Hall–Kier alpha value is -1.07. The summed E-state index contributed by atoms with van der Waals surface area (Å²) in [4.78, 5) is 5.23. The molecule has 13 heavy (non-hydrogen) atoms. The summed E-state index contributed by atoms with van der Waals surface area (Å²) >= 11 is 1.58. The maximum Gasteiger partial charge on any atom is 0.145 e. The SMILES string of the molecule is Cc1ncsc1-c1cc(N)n[nH]1.Cl. The topological polar surface area (TPSA) is 67.6 Å². The lowest BCUT2D eigenvalue weighted by molar-refractivity contribution is 1.10. The molecule has 0 amide bonds. The van der Waals surface area contributed by atoms with Gasteiger partial charge >= 0.3 is 0 Å². The van der Waals surface area contributed by atoms with Gasteiger partial charge in [-0.05, 0) is 6.92 Å². The predicted molar refractivity (Wildman–Crippen MR) is 56.1 cm³/mol. The van der Waals surface area contributed by atoms with E-state index in [1.54, 1.807) is 17.4 Å². The molecule has 0 spiro atoms. The number of hydrogen-bond donors (Lipinski definition) is 2. The Morgan fingerprint density at radius 1 is 1.54 bits per heavy atom. The van der Waals surface area contributed by atoms with Crippen LogP contribution in [0.1, 0.15) is 5.69 Å². The molecule has 2 rings (SSSR count). The first-order valence-corrected chi connectivity index (χ1v) is 4.36. The maximum atomic E-state index is 5.48. The van der Waals surface area contributed by atoms with E-state index in [2.05, 4.69) is 15.2 Å². The quantitative estimate of drug-likeness (QED) is 0.765. The van der Waals surface area contributed by atoms with Crippen molar-refractivity contribution in [2.75, 3.05) is 5.73 Å². The van der Waals surface area contributed by atoms with E-state index in [-0.39, 0.29) is 12.4 Å². The summed E-state index contributed by atoms with van der Waals surface area (Å²) in [5.74, 6) is 0.512. The number of nitrogens with one attached hydrogen (secondary N) is 1. The number of hydrogen-bond acceptors (Lipinski definition) is 4. The third kappa shape index (κ3) is 1.81. The highest BCUT2D eigenvalue weighted by Crippen LogP contribution is 2.25. The van der Waals surface area contributed by atoms with Gasteiger partial charge in [-0.1, -0.05) is 0 Å². The molecule has 0 atom stereocenters. The minimum Gasteiger partial charge on any atom is -0.382 e. The molecule has 0 unspecified atom stereocenters. The number of rotatable bonds is 1. The van der Waals surface area contributed by atoms with Crippen molar-refractivity contribution in [3.05, 3.63) is 17.3 Å². The Bertz CT molecular complexity index is 395. The van der Waals surface area contributed by atoms with Gasteiger partial charge in [-0.15, -0.1) is 23.7 Å². The van der Waals surface area contributed by atoms with Gasteiger partial charge in [-0.2, -0.15) is 5.10 Å². The number of H-pyrrole nitrogens is 1. The third-order valence-electron chi connectivity index (χ3n) is 1.59. The number of anilines is 1. The van der Waals surface area contributed by atoms with Crippen LogP contribution in [0.3, 0.4) is 0 Å². The lowest BCUT2D eigenvalue weighted by Gasteiger charge is -1.89. The highest BCUT2D eigenvalue weighted by Gasteiger charge is 2.06. The largest absolute Gasteiger partial charge is 0.382 e. The van der Waals surface area contributed by atoms with Gasteiger partial charge in [0, 0.05) is 6.07 Å². The standard InChI is InChI=1S/C7H8N4S.ClH/c1-4-7(12-3-9-4)5-2-6(8)11-10-5;/h2-3H,1H3,(H3,8,10,11);1H. The summed E-state index contributed by atoms with van der Waals surface area (Å²) < 4.78 is 0. The molecule has 2 heterocycles. The first kappa shape index (κ1) is 10.0. The Morgan fingerprint density at radius 3 is 2.77 bits per heavy atom. The zero-order valence-electron chi connectivity index (χ0n) is 6.94. The molecule has 3 N–H and O–H groups in total. The molecular weight excluding hydrogens is 208 g/mol. The number of nitrogens with two attached hydrogens (primary N) is 1. The molecule has 0 radical (unpaired) electrons. The maximum absolute atomic E-state index is 5.48. The summed E-state index contributed by atoms with van der Waals surface area (Å²) in [6, 6.07) is 1.81. The molecule has 0 bridgehead atoms. The van der Waals surface area contributed by atoms with Crippen molar-refractivity contribution >= 4 is 29.6 Å². The Labute approximate surface area is 85.6 Å². The first-order chi connectivity index (χ1) is 5.77. The fraction of sp³-hybridized carbons (Fsp3) is 0.143. The van der Waals surface area contributed by atoms with Crippen molar-refractivity contribution in [3.8, 4) is 10.6 Å². The number of aromatic nitrogens is 3. The zero-order valence-corrected chi connectivity index (χ0v) is 8.58. The monoisotopic (exact) mass is 216 g/mol. The lowest BCUT2D eigenvalue weighted by atomic mass is 10.3. The first-order valence-electron chi connectivity index (χ1n) is 3.48. The number of thiazole rings is 1. The Morgan fingerprint density at radius 2 is 2.31 bits per heavy atom. The van der Waals surface area contributed by atoms with Crippen molar-refractivity contribution < 1.29 is 0 Å². The van der Waals surface area contributed by atoms with Gasteiger partial charge in [0.2, 0.25) is 0 Å². The zero-order chi connectivity index (χ0) is 8.55. The van der Waals surface area contributed by atoms with Crippen LogP contribution in [-0.4, -0.2) is 15.2 Å². The molecule has 4 nitrogen and oxygen atoms in total. The molecule has 0 saturated carbocycles. The average Bonchev–Trinajstić information content (AvgIpc) is 2.58. The molecule has 70 valence electrons. The predicted octanol–water partition coefficient (Wildman–Crippen LogP) is 1.85. The minimum absolute atomic E-state index is 0. The smallest absolute Gasteiger partial charge is 0.145 e. The minimum atomic E-state index is 0. The van der Waals surface area contributed by atoms with Crippen LogP contribution >= 0.6 is 23.7 Å². The highest BCUT2D eigenvalue weighted by molar-refractivity contribution is 7.13. The second kappa shape index (κ2) is 3.76. The van der Waals surface area contributed by atoms with Crippen LogP contribution in [0.2, 0.25) is 0 Å². The van der Waals surface area contributed by atoms with Gasteiger partial charge in [0.05, 0.1) is 21.8 Å². The van der Waals surface area contributed by atoms with Gasteiger partial charge in [0.25, 0.3) is 0 Å². The van der Waals surface area contributed by atoms with Crippen molar-refractivity contribution in [1.82, 2.24) is 15.2 Å². The summed E-state index contributed by atoms with van der Waals surface area (Å²) in [5.41, 5.74) is 9.22. The molecular formula is C7H9ClN4S. The van der Waals surface area contributed by atoms with Crippen LogP contribution in [0, 0.1) is 6.92 Å². The van der Waals surface area contributed by atoms with E-state index in [4.69, 9.17) is 5.73 Å². The number of halogens is 1. The van der Waals surface area contributed by atoms with E-state index in [1.807, 2.05) is 12.4 Å². The van der Waals surface area contributed by atoms with Crippen molar-refractivity contribution in [2.45, 2.75) is 6.92 Å². The van der Waals surface area contributed by atoms with E-state index in [1.165, 1.54) is 0 Å². The molecule has 2 aromatic heterocycles. The van der Waals surface area contributed by atoms with Crippen LogP contribution in [0.5, 0.6) is 0 Å². The number of nitrogen functional groups attached to an aromatic ring is 1. The molecule has 0 aromatic carbocycles. The molecule has 0 fully saturated rings. The molecule has 0 saturated heterocycles. The highest BCUT2D eigenvalue weighted by atomic mass is 35.5. The van der Waals surface area contributed by atoms with Gasteiger partial charge in [0.1, 0.15) is 5.82 Å². The van der Waals surface area contributed by atoms with Crippen molar-refractivity contribution in [1.29, 1.82) is 0 Å².